The molecule has 1 N–H and O–H groups in total. The molecule has 0 aromatic carbocycles. The molecule has 9 nitrogen and oxygen atoms in total. The van der Waals surface area contributed by atoms with Crippen LogP contribution >= 0.6 is 11.6 Å². The third kappa shape index (κ3) is 5.14. The first-order valence-corrected chi connectivity index (χ1v) is 12.1. The number of hydrogen-bond donors (Lipinski definition) is 1. The van der Waals surface area contributed by atoms with Crippen LogP contribution in [0.3, 0.4) is 0 Å². The molecule has 2 saturated heterocycles. The van der Waals surface area contributed by atoms with Crippen LogP contribution in [0, 0.1) is 17.8 Å². The summed E-state index contributed by atoms with van der Waals surface area (Å²) in [5.74, 6) is 1.80. The number of carbonyl (C=O) groups is 1. The summed E-state index contributed by atoms with van der Waals surface area (Å²) < 4.78 is 11.5. The predicted molar refractivity (Wildman–Crippen MR) is 130 cm³/mol. The fraction of sp³-hybridized carbons (Fsp3) is 0.583. The Bertz CT molecular complexity index is 1010. The van der Waals surface area contributed by atoms with Crippen molar-refractivity contribution in [3.8, 4) is 11.6 Å². The standard InChI is InChI=1S/C24H32ClN5O4/c1-14-13-30(19(16(14)3)8-23(31)32)24-27-9-17(10-28-24)34-21-5-6-29(12-15(21)2)20-7-22(33-4)26-11-18(20)25/h7,9-11,14-16,19,21H,5-6,8,12-13H2,1-4H3,(H,31,32)/t14-,15?,16+,19-,21?/m0/s1. The summed E-state index contributed by atoms with van der Waals surface area (Å²) in [5.41, 5.74) is 0.913. The number of pyridine rings is 1. The van der Waals surface area contributed by atoms with E-state index in [1.807, 2.05) is 11.0 Å². The Kier molecular flexibility index (Phi) is 7.30. The number of carboxylic acids is 1. The minimum atomic E-state index is -0.803. The highest BCUT2D eigenvalue weighted by Crippen LogP contribution is 2.35. The van der Waals surface area contributed by atoms with E-state index >= 15 is 0 Å². The summed E-state index contributed by atoms with van der Waals surface area (Å²) in [6.45, 7) is 8.72. The van der Waals surface area contributed by atoms with Crippen molar-refractivity contribution in [3.05, 3.63) is 29.7 Å². The monoisotopic (exact) mass is 489 g/mol. The van der Waals surface area contributed by atoms with Gasteiger partial charge < -0.3 is 24.4 Å². The van der Waals surface area contributed by atoms with Crippen LogP contribution in [0.15, 0.2) is 24.7 Å². The number of aliphatic carboxylic acids is 1. The molecule has 184 valence electrons. The normalized spacial score (nSPS) is 27.0. The van der Waals surface area contributed by atoms with Gasteiger partial charge in [-0.2, -0.15) is 0 Å². The van der Waals surface area contributed by atoms with Gasteiger partial charge in [0.1, 0.15) is 6.10 Å². The number of anilines is 2. The first-order valence-electron chi connectivity index (χ1n) is 11.7. The molecular formula is C24H32ClN5O4. The minimum Gasteiger partial charge on any atom is -0.487 e. The van der Waals surface area contributed by atoms with Gasteiger partial charge >= 0.3 is 5.97 Å². The number of piperidine rings is 1. The summed E-state index contributed by atoms with van der Waals surface area (Å²) in [4.78, 5) is 28.8. The first-order chi connectivity index (χ1) is 16.3. The molecule has 0 aliphatic carbocycles. The fourth-order valence-corrected chi connectivity index (χ4v) is 5.18. The minimum absolute atomic E-state index is 0.0276. The van der Waals surface area contributed by atoms with Gasteiger partial charge in [0, 0.05) is 44.1 Å². The molecule has 0 radical (unpaired) electrons. The molecule has 4 heterocycles. The lowest BCUT2D eigenvalue weighted by atomic mass is 9.92. The van der Waals surface area contributed by atoms with Crippen molar-refractivity contribution in [2.75, 3.05) is 36.5 Å². The number of methoxy groups -OCH3 is 1. The first kappa shape index (κ1) is 24.3. The fourth-order valence-electron chi connectivity index (χ4n) is 4.95. The van der Waals surface area contributed by atoms with E-state index in [1.165, 1.54) is 0 Å². The maximum Gasteiger partial charge on any atom is 0.305 e. The van der Waals surface area contributed by atoms with Crippen molar-refractivity contribution in [2.45, 2.75) is 45.8 Å². The molecule has 2 aliphatic heterocycles. The maximum atomic E-state index is 11.3. The van der Waals surface area contributed by atoms with Crippen molar-refractivity contribution in [3.63, 3.8) is 0 Å². The number of rotatable bonds is 7. The summed E-state index contributed by atoms with van der Waals surface area (Å²) >= 11 is 6.38. The molecule has 0 amide bonds. The number of carboxylic acid groups (broad SMARTS) is 1. The van der Waals surface area contributed by atoms with E-state index < -0.39 is 5.97 Å². The second kappa shape index (κ2) is 10.2. The SMILES string of the molecule is COc1cc(N2CCC(Oc3cnc(N4C[C@H](C)[C@@H](C)[C@@H]4CC(=O)O)nc3)C(C)C2)c(Cl)cn1. The van der Waals surface area contributed by atoms with Crippen LogP contribution in [0.2, 0.25) is 5.02 Å². The largest absolute Gasteiger partial charge is 0.487 e. The highest BCUT2D eigenvalue weighted by atomic mass is 35.5. The molecule has 10 heteroatoms. The zero-order valence-electron chi connectivity index (χ0n) is 20.0. The van der Waals surface area contributed by atoms with Crippen LogP contribution in [0.1, 0.15) is 33.6 Å². The molecule has 0 saturated carbocycles. The molecule has 2 fully saturated rings. The predicted octanol–water partition coefficient (Wildman–Crippen LogP) is 3.76. The number of halogens is 1. The molecule has 2 aliphatic rings. The highest BCUT2D eigenvalue weighted by molar-refractivity contribution is 6.33. The molecule has 2 aromatic rings. The third-order valence-electron chi connectivity index (χ3n) is 7.12. The van der Waals surface area contributed by atoms with Gasteiger partial charge in [-0.25, -0.2) is 15.0 Å². The van der Waals surface area contributed by atoms with Crippen molar-refractivity contribution in [1.82, 2.24) is 15.0 Å². The topological polar surface area (TPSA) is 101 Å². The van der Waals surface area contributed by atoms with Crippen molar-refractivity contribution >= 4 is 29.2 Å². The Hall–Kier alpha value is -2.81. The number of ether oxygens (including phenoxy) is 2. The molecule has 2 aromatic heterocycles. The lowest BCUT2D eigenvalue weighted by Gasteiger charge is -2.38. The van der Waals surface area contributed by atoms with E-state index in [1.54, 1.807) is 25.7 Å². The van der Waals surface area contributed by atoms with E-state index in [9.17, 15) is 9.90 Å². The van der Waals surface area contributed by atoms with Crippen LogP contribution in [0.5, 0.6) is 11.6 Å². The summed E-state index contributed by atoms with van der Waals surface area (Å²) in [6, 6.07) is 1.75. The van der Waals surface area contributed by atoms with Gasteiger partial charge in [-0.1, -0.05) is 32.4 Å². The quantitative estimate of drug-likeness (QED) is 0.622. The Labute approximate surface area is 205 Å². The van der Waals surface area contributed by atoms with Gasteiger partial charge in [0.15, 0.2) is 5.75 Å². The van der Waals surface area contributed by atoms with Gasteiger partial charge in [-0.15, -0.1) is 0 Å². The third-order valence-corrected chi connectivity index (χ3v) is 7.41. The Morgan fingerprint density at radius 2 is 1.88 bits per heavy atom. The second-order valence-electron chi connectivity index (χ2n) is 9.42. The summed E-state index contributed by atoms with van der Waals surface area (Å²) in [6.07, 6.45) is 5.93. The van der Waals surface area contributed by atoms with Crippen LogP contribution in [0.25, 0.3) is 0 Å². The lowest BCUT2D eigenvalue weighted by Crippen LogP contribution is -2.44. The molecule has 4 rings (SSSR count). The summed E-state index contributed by atoms with van der Waals surface area (Å²) in [7, 11) is 1.59. The second-order valence-corrected chi connectivity index (χ2v) is 9.83. The van der Waals surface area contributed by atoms with Gasteiger partial charge in [-0.3, -0.25) is 4.79 Å². The lowest BCUT2D eigenvalue weighted by molar-refractivity contribution is -0.137. The zero-order valence-corrected chi connectivity index (χ0v) is 20.8. The van der Waals surface area contributed by atoms with Crippen molar-refractivity contribution in [2.24, 2.45) is 17.8 Å². The molecule has 0 bridgehead atoms. The van der Waals surface area contributed by atoms with Crippen molar-refractivity contribution in [1.29, 1.82) is 0 Å². The molecule has 2 unspecified atom stereocenters. The Morgan fingerprint density at radius 1 is 1.15 bits per heavy atom. The average Bonchev–Trinajstić information content (AvgIpc) is 3.09. The van der Waals surface area contributed by atoms with Crippen LogP contribution in [-0.4, -0.2) is 64.9 Å². The van der Waals surface area contributed by atoms with Gasteiger partial charge in [-0.05, 0) is 11.8 Å². The van der Waals surface area contributed by atoms with Gasteiger partial charge in [0.2, 0.25) is 11.8 Å². The molecule has 34 heavy (non-hydrogen) atoms. The molecule has 0 spiro atoms. The van der Waals surface area contributed by atoms with E-state index in [2.05, 4.69) is 40.6 Å². The number of hydrogen-bond acceptors (Lipinski definition) is 8. The summed E-state index contributed by atoms with van der Waals surface area (Å²) in [5, 5.41) is 9.92. The van der Waals surface area contributed by atoms with Gasteiger partial charge in [0.05, 0.1) is 42.8 Å². The Balaban J connectivity index is 1.39. The smallest absolute Gasteiger partial charge is 0.305 e. The molecular weight excluding hydrogens is 458 g/mol. The zero-order chi connectivity index (χ0) is 24.4. The Morgan fingerprint density at radius 3 is 2.53 bits per heavy atom. The van der Waals surface area contributed by atoms with Gasteiger partial charge in [0.25, 0.3) is 0 Å². The van der Waals surface area contributed by atoms with E-state index in [-0.39, 0.29) is 30.4 Å². The highest BCUT2D eigenvalue weighted by Gasteiger charge is 2.39. The maximum absolute atomic E-state index is 11.3. The van der Waals surface area contributed by atoms with E-state index in [0.29, 0.717) is 28.5 Å². The van der Waals surface area contributed by atoms with E-state index in [0.717, 1.165) is 31.7 Å². The van der Waals surface area contributed by atoms with E-state index in [4.69, 9.17) is 21.1 Å². The number of aromatic nitrogens is 3. The number of nitrogens with zero attached hydrogens (tertiary/aromatic N) is 5. The van der Waals surface area contributed by atoms with Crippen LogP contribution in [-0.2, 0) is 4.79 Å². The average molecular weight is 490 g/mol. The van der Waals surface area contributed by atoms with Crippen molar-refractivity contribution < 1.29 is 19.4 Å². The van der Waals surface area contributed by atoms with Crippen LogP contribution < -0.4 is 19.3 Å². The molecule has 5 atom stereocenters. The van der Waals surface area contributed by atoms with Crippen LogP contribution in [0.4, 0.5) is 11.6 Å².